The van der Waals surface area contributed by atoms with Gasteiger partial charge in [-0.3, -0.25) is 0 Å². The van der Waals surface area contributed by atoms with Crippen molar-refractivity contribution in [3.8, 4) is 0 Å². The van der Waals surface area contributed by atoms with E-state index in [1.807, 2.05) is 28.3 Å². The van der Waals surface area contributed by atoms with E-state index in [9.17, 15) is 0 Å². The van der Waals surface area contributed by atoms with Crippen LogP contribution in [0.4, 0.5) is 0 Å². The van der Waals surface area contributed by atoms with Crippen molar-refractivity contribution >= 4 is 28.3 Å². The number of hydrogen-bond acceptors (Lipinski definition) is 1. The lowest BCUT2D eigenvalue weighted by Gasteiger charge is -1.73. The molecule has 4 heavy (non-hydrogen) atoms. The maximum Gasteiger partial charge on any atom is 0.236 e. The van der Waals surface area contributed by atoms with E-state index in [1.54, 1.807) is 0 Å². The Morgan fingerprint density at radius 2 is 2.00 bits per heavy atom. The predicted octanol–water partition coefficient (Wildman–Crippen LogP) is 0.264. The summed E-state index contributed by atoms with van der Waals surface area (Å²) in [5, 5.41) is 0. The van der Waals surface area contributed by atoms with E-state index in [0.717, 1.165) is 0 Å². The van der Waals surface area contributed by atoms with Gasteiger partial charge in [-0.25, -0.2) is 0 Å². The van der Waals surface area contributed by atoms with E-state index in [-0.39, 0.29) is 0 Å². The van der Waals surface area contributed by atoms with Crippen LogP contribution in [0.25, 0.3) is 0 Å². The van der Waals surface area contributed by atoms with Crippen LogP contribution in [-0.2, 0) is 0 Å². The third-order valence-electron chi connectivity index (χ3n) is 0. The minimum atomic E-state index is -1.17. The number of halogens is 1. The maximum atomic E-state index is 8.18. The van der Waals surface area contributed by atoms with E-state index >= 15 is 0 Å². The smallest absolute Gasteiger partial charge is 0.236 e. The van der Waals surface area contributed by atoms with Crippen molar-refractivity contribution in [2.45, 2.75) is 6.55 Å². The molecule has 3 heteroatoms. The first-order valence-electron chi connectivity index (χ1n) is 1.05. The van der Waals surface area contributed by atoms with Gasteiger partial charge in [0.25, 0.3) is 0 Å². The summed E-state index contributed by atoms with van der Waals surface area (Å²) in [5.74, 6) is 0. The Bertz CT molecular complexity index is 12.8. The molecule has 0 radical (unpaired) electrons. The van der Waals surface area contributed by atoms with Crippen molar-refractivity contribution in [3.63, 3.8) is 0 Å². The first kappa shape index (κ1) is 4.91. The molecule has 0 heterocycles. The molecule has 0 saturated heterocycles. The molecule has 0 fully saturated rings. The molecule has 0 saturated carbocycles. The van der Waals surface area contributed by atoms with Gasteiger partial charge in [-0.15, -0.1) is 0 Å². The second kappa shape index (κ2) is 2.16. The number of hydrogen-bond donors (Lipinski definition) is 1. The van der Waals surface area contributed by atoms with Crippen LogP contribution < -0.4 is 0 Å². The van der Waals surface area contributed by atoms with Crippen LogP contribution in [-0.4, -0.2) is 11.3 Å². The Balaban J connectivity index is 2.32. The average molecular weight is 188 g/mol. The zero-order valence-electron chi connectivity index (χ0n) is 2.40. The highest BCUT2D eigenvalue weighted by Crippen LogP contribution is 1.81. The topological polar surface area (TPSA) is 20.2 Å². The zero-order chi connectivity index (χ0) is 3.58. The molecule has 0 amide bonds. The van der Waals surface area contributed by atoms with E-state index in [1.165, 1.54) is 0 Å². The van der Waals surface area contributed by atoms with Crippen LogP contribution in [0.15, 0.2) is 0 Å². The van der Waals surface area contributed by atoms with E-state index in [4.69, 9.17) is 4.80 Å². The summed E-state index contributed by atoms with van der Waals surface area (Å²) in [5.41, 5.74) is 0. The molecule has 1 atom stereocenters. The Morgan fingerprint density at radius 3 is 2.00 bits per heavy atom. The zero-order valence-corrected chi connectivity index (χ0v) is 5.71. The number of rotatable bonds is 0. The van der Waals surface area contributed by atoms with Crippen molar-refractivity contribution < 1.29 is 4.80 Å². The summed E-state index contributed by atoms with van der Waals surface area (Å²) < 4.78 is 0. The molecular weight excluding hydrogens is 183 g/mol. The van der Waals surface area contributed by atoms with E-state index < -0.39 is 6.54 Å². The van der Waals surface area contributed by atoms with Gasteiger partial charge in [0, 0.05) is 0 Å². The Labute approximate surface area is 40.0 Å². The van der Waals surface area contributed by atoms with Gasteiger partial charge >= 0.3 is 0 Å². The van der Waals surface area contributed by atoms with Crippen molar-refractivity contribution in [1.82, 2.24) is 0 Å². The quantitative estimate of drug-likeness (QED) is 0.328. The normalized spacial score (nSPS) is 15.8. The molecule has 0 aromatic heterocycles. The van der Waals surface area contributed by atoms with Crippen LogP contribution >= 0.6 is 21.8 Å². The second-order valence-electron chi connectivity index (χ2n) is 0.574. The van der Waals surface area contributed by atoms with Crippen molar-refractivity contribution in [1.29, 1.82) is 0 Å². The average Bonchev–Trinajstić information content (AvgIpc) is 0.811. The SMILES string of the molecule is C[SiH](O)I. The van der Waals surface area contributed by atoms with Crippen LogP contribution in [0.2, 0.25) is 6.55 Å². The first-order chi connectivity index (χ1) is 1.73. The molecule has 0 rings (SSSR count). The molecule has 0 spiro atoms. The molecule has 26 valence electrons. The van der Waals surface area contributed by atoms with Crippen molar-refractivity contribution in [3.05, 3.63) is 0 Å². The second-order valence-corrected chi connectivity index (χ2v) is 7.13. The Morgan fingerprint density at radius 1 is 2.00 bits per heavy atom. The molecule has 0 aliphatic rings. The fraction of sp³-hybridized carbons (Fsp3) is 1.00. The van der Waals surface area contributed by atoms with E-state index in [0.29, 0.717) is 0 Å². The highest BCUT2D eigenvalue weighted by Gasteiger charge is 1.78. The maximum absolute atomic E-state index is 8.18. The predicted molar refractivity (Wildman–Crippen MR) is 29.3 cm³/mol. The molecule has 1 nitrogen and oxygen atoms in total. The summed E-state index contributed by atoms with van der Waals surface area (Å²) in [7, 11) is 0. The standard InChI is InChI=1S/CH5IOSi/c1-4(2)3/h3-4H,1H3. The molecule has 0 aromatic carbocycles. The van der Waals surface area contributed by atoms with Gasteiger partial charge in [-0.1, -0.05) is 21.8 Å². The van der Waals surface area contributed by atoms with Crippen molar-refractivity contribution in [2.24, 2.45) is 0 Å². The Hall–Kier alpha value is 0.907. The van der Waals surface area contributed by atoms with Gasteiger partial charge in [0.15, 0.2) is 0 Å². The highest BCUT2D eigenvalue weighted by atomic mass is 127. The van der Waals surface area contributed by atoms with Gasteiger partial charge in [0.05, 0.1) is 0 Å². The molecular formula is CH5IOSi. The van der Waals surface area contributed by atoms with Gasteiger partial charge in [0.2, 0.25) is 6.54 Å². The monoisotopic (exact) mass is 188 g/mol. The van der Waals surface area contributed by atoms with Crippen LogP contribution in [0, 0.1) is 0 Å². The van der Waals surface area contributed by atoms with Gasteiger partial charge < -0.3 is 4.80 Å². The molecule has 0 bridgehead atoms. The molecule has 1 unspecified atom stereocenters. The minimum Gasteiger partial charge on any atom is -0.426 e. The lowest BCUT2D eigenvalue weighted by Crippen LogP contribution is -1.86. The van der Waals surface area contributed by atoms with Crippen LogP contribution in [0.5, 0.6) is 0 Å². The minimum absolute atomic E-state index is 1.17. The van der Waals surface area contributed by atoms with Gasteiger partial charge in [0.1, 0.15) is 0 Å². The molecule has 1 N–H and O–H groups in total. The van der Waals surface area contributed by atoms with Gasteiger partial charge in [-0.05, 0) is 6.55 Å². The lowest BCUT2D eigenvalue weighted by molar-refractivity contribution is 0.606. The van der Waals surface area contributed by atoms with Crippen molar-refractivity contribution in [2.75, 3.05) is 0 Å². The highest BCUT2D eigenvalue weighted by molar-refractivity contribution is 14.1. The first-order valence-corrected chi connectivity index (χ1v) is 6.90. The molecule has 0 aliphatic carbocycles. The molecule has 0 aliphatic heterocycles. The summed E-state index contributed by atoms with van der Waals surface area (Å²) in [6.45, 7) is 0.679. The van der Waals surface area contributed by atoms with Crippen LogP contribution in [0.3, 0.4) is 0 Å². The van der Waals surface area contributed by atoms with Crippen LogP contribution in [0.1, 0.15) is 0 Å². The lowest BCUT2D eigenvalue weighted by atomic mass is 11.9. The Kier molecular flexibility index (Phi) is 2.65. The third-order valence-corrected chi connectivity index (χ3v) is 0. The summed E-state index contributed by atoms with van der Waals surface area (Å²) in [6.07, 6.45) is 0. The van der Waals surface area contributed by atoms with Gasteiger partial charge in [-0.2, -0.15) is 0 Å². The molecule has 0 aromatic rings. The fourth-order valence-electron chi connectivity index (χ4n) is 0. The van der Waals surface area contributed by atoms with E-state index in [2.05, 4.69) is 0 Å². The largest absolute Gasteiger partial charge is 0.426 e. The fourth-order valence-corrected chi connectivity index (χ4v) is 0. The summed E-state index contributed by atoms with van der Waals surface area (Å²) >= 11 is 2.04. The summed E-state index contributed by atoms with van der Waals surface area (Å²) in [4.78, 5) is 8.18. The third kappa shape index (κ3) is 12.9. The summed E-state index contributed by atoms with van der Waals surface area (Å²) in [6, 6.07) is 0.